The monoisotopic (exact) mass is 212 g/mol. The Kier molecular flexibility index (Phi) is 6.26. The van der Waals surface area contributed by atoms with Crippen LogP contribution in [0.1, 0.15) is 52.4 Å². The zero-order valence-corrected chi connectivity index (χ0v) is 10.5. The van der Waals surface area contributed by atoms with Crippen molar-refractivity contribution in [3.05, 3.63) is 0 Å². The van der Waals surface area contributed by atoms with Gasteiger partial charge in [-0.2, -0.15) is 0 Å². The minimum absolute atomic E-state index is 0.646. The lowest BCUT2D eigenvalue weighted by Crippen LogP contribution is -2.39. The van der Waals surface area contributed by atoms with Crippen LogP contribution < -0.4 is 5.73 Å². The summed E-state index contributed by atoms with van der Waals surface area (Å²) in [4.78, 5) is 2.66. The van der Waals surface area contributed by atoms with Crippen LogP contribution in [0.25, 0.3) is 0 Å². The number of hydrogen-bond acceptors (Lipinski definition) is 2. The standard InChI is InChI=1S/C13H28N2/c1-3-15(11-12(2)10-14)13-8-6-4-5-7-9-13/h12-13H,3-11,14H2,1-2H3. The molecule has 1 saturated carbocycles. The highest BCUT2D eigenvalue weighted by molar-refractivity contribution is 4.75. The summed E-state index contributed by atoms with van der Waals surface area (Å²) in [5.41, 5.74) is 5.71. The summed E-state index contributed by atoms with van der Waals surface area (Å²) in [6, 6.07) is 0.839. The lowest BCUT2D eigenvalue weighted by atomic mass is 10.0. The Morgan fingerprint density at radius 2 is 1.80 bits per heavy atom. The van der Waals surface area contributed by atoms with Gasteiger partial charge in [0, 0.05) is 12.6 Å². The van der Waals surface area contributed by atoms with Gasteiger partial charge in [0.2, 0.25) is 0 Å². The molecule has 1 fully saturated rings. The summed E-state index contributed by atoms with van der Waals surface area (Å²) in [5.74, 6) is 0.646. The van der Waals surface area contributed by atoms with Crippen LogP contribution >= 0.6 is 0 Å². The van der Waals surface area contributed by atoms with Gasteiger partial charge in [0.1, 0.15) is 0 Å². The minimum atomic E-state index is 0.646. The quantitative estimate of drug-likeness (QED) is 0.710. The number of hydrogen-bond donors (Lipinski definition) is 1. The first-order chi connectivity index (χ1) is 7.27. The highest BCUT2D eigenvalue weighted by Gasteiger charge is 2.19. The van der Waals surface area contributed by atoms with Gasteiger partial charge < -0.3 is 10.6 Å². The van der Waals surface area contributed by atoms with Gasteiger partial charge in [0.25, 0.3) is 0 Å². The fourth-order valence-electron chi connectivity index (χ4n) is 2.63. The average Bonchev–Trinajstić information content (AvgIpc) is 2.54. The van der Waals surface area contributed by atoms with Crippen molar-refractivity contribution in [1.82, 2.24) is 4.90 Å². The van der Waals surface area contributed by atoms with Crippen molar-refractivity contribution in [3.63, 3.8) is 0 Å². The van der Waals surface area contributed by atoms with Crippen molar-refractivity contribution in [1.29, 1.82) is 0 Å². The van der Waals surface area contributed by atoms with Crippen LogP contribution in [0.3, 0.4) is 0 Å². The second-order valence-corrected chi connectivity index (χ2v) is 5.07. The van der Waals surface area contributed by atoms with Crippen LogP contribution in [0.15, 0.2) is 0 Å². The first-order valence-electron chi connectivity index (χ1n) is 6.72. The lowest BCUT2D eigenvalue weighted by molar-refractivity contribution is 0.165. The predicted molar refractivity (Wildman–Crippen MR) is 67.0 cm³/mol. The van der Waals surface area contributed by atoms with Crippen LogP contribution in [0.5, 0.6) is 0 Å². The number of nitrogens with zero attached hydrogens (tertiary/aromatic N) is 1. The first kappa shape index (κ1) is 13.0. The van der Waals surface area contributed by atoms with Gasteiger partial charge in [-0.05, 0) is 31.8 Å². The molecule has 15 heavy (non-hydrogen) atoms. The van der Waals surface area contributed by atoms with E-state index in [-0.39, 0.29) is 0 Å². The molecule has 1 rings (SSSR count). The fourth-order valence-corrected chi connectivity index (χ4v) is 2.63. The van der Waals surface area contributed by atoms with Crippen LogP contribution in [-0.4, -0.2) is 30.6 Å². The Morgan fingerprint density at radius 3 is 2.27 bits per heavy atom. The van der Waals surface area contributed by atoms with E-state index in [4.69, 9.17) is 5.73 Å². The summed E-state index contributed by atoms with van der Waals surface area (Å²) in [5, 5.41) is 0. The van der Waals surface area contributed by atoms with Crippen molar-refractivity contribution in [3.8, 4) is 0 Å². The van der Waals surface area contributed by atoms with Gasteiger partial charge in [-0.1, -0.05) is 39.5 Å². The molecule has 0 aromatic heterocycles. The normalized spacial score (nSPS) is 21.6. The number of rotatable bonds is 5. The molecule has 2 heteroatoms. The second-order valence-electron chi connectivity index (χ2n) is 5.07. The molecule has 0 bridgehead atoms. The van der Waals surface area contributed by atoms with Crippen LogP contribution in [-0.2, 0) is 0 Å². The van der Waals surface area contributed by atoms with Crippen molar-refractivity contribution >= 4 is 0 Å². The molecule has 0 radical (unpaired) electrons. The number of nitrogens with two attached hydrogens (primary N) is 1. The topological polar surface area (TPSA) is 29.3 Å². The highest BCUT2D eigenvalue weighted by atomic mass is 15.1. The Bertz CT molecular complexity index is 151. The van der Waals surface area contributed by atoms with E-state index < -0.39 is 0 Å². The molecule has 0 heterocycles. The summed E-state index contributed by atoms with van der Waals surface area (Å²) in [6.07, 6.45) is 8.56. The van der Waals surface area contributed by atoms with E-state index in [2.05, 4.69) is 18.7 Å². The zero-order chi connectivity index (χ0) is 11.1. The summed E-state index contributed by atoms with van der Waals surface area (Å²) >= 11 is 0. The van der Waals surface area contributed by atoms with Crippen molar-refractivity contribution in [2.24, 2.45) is 11.7 Å². The highest BCUT2D eigenvalue weighted by Crippen LogP contribution is 2.22. The van der Waals surface area contributed by atoms with Gasteiger partial charge in [0.05, 0.1) is 0 Å². The van der Waals surface area contributed by atoms with Gasteiger partial charge >= 0.3 is 0 Å². The third kappa shape index (κ3) is 4.52. The molecule has 2 nitrogen and oxygen atoms in total. The molecule has 1 aliphatic carbocycles. The summed E-state index contributed by atoms with van der Waals surface area (Å²) in [7, 11) is 0. The average molecular weight is 212 g/mol. The van der Waals surface area contributed by atoms with E-state index >= 15 is 0 Å². The third-order valence-corrected chi connectivity index (χ3v) is 3.70. The molecular formula is C13H28N2. The molecule has 1 atom stereocenters. The third-order valence-electron chi connectivity index (χ3n) is 3.70. The largest absolute Gasteiger partial charge is 0.330 e. The van der Waals surface area contributed by atoms with Crippen LogP contribution in [0.2, 0.25) is 0 Å². The van der Waals surface area contributed by atoms with Gasteiger partial charge in [-0.15, -0.1) is 0 Å². The second kappa shape index (κ2) is 7.24. The summed E-state index contributed by atoms with van der Waals surface area (Å²) < 4.78 is 0. The Morgan fingerprint density at radius 1 is 1.20 bits per heavy atom. The van der Waals surface area contributed by atoms with E-state index in [0.717, 1.165) is 12.6 Å². The SMILES string of the molecule is CCN(CC(C)CN)C1CCCCCC1. The molecule has 0 aromatic carbocycles. The molecule has 0 saturated heterocycles. The molecule has 0 amide bonds. The smallest absolute Gasteiger partial charge is 0.00952 e. The fraction of sp³-hybridized carbons (Fsp3) is 1.00. The van der Waals surface area contributed by atoms with E-state index in [1.54, 1.807) is 0 Å². The Balaban J connectivity index is 2.40. The summed E-state index contributed by atoms with van der Waals surface area (Å²) in [6.45, 7) is 7.75. The van der Waals surface area contributed by atoms with Crippen molar-refractivity contribution in [2.75, 3.05) is 19.6 Å². The molecule has 1 unspecified atom stereocenters. The maximum absolute atomic E-state index is 5.71. The van der Waals surface area contributed by atoms with E-state index in [9.17, 15) is 0 Å². The predicted octanol–water partition coefficient (Wildman–Crippen LogP) is 2.63. The molecule has 1 aliphatic rings. The molecule has 0 aromatic rings. The van der Waals surface area contributed by atoms with Crippen molar-refractivity contribution < 1.29 is 0 Å². The maximum Gasteiger partial charge on any atom is 0.00952 e. The molecule has 90 valence electrons. The van der Waals surface area contributed by atoms with Gasteiger partial charge in [0.15, 0.2) is 0 Å². The van der Waals surface area contributed by atoms with E-state index in [0.29, 0.717) is 5.92 Å². The maximum atomic E-state index is 5.71. The van der Waals surface area contributed by atoms with Gasteiger partial charge in [-0.3, -0.25) is 0 Å². The Labute approximate surface area is 95.2 Å². The zero-order valence-electron chi connectivity index (χ0n) is 10.5. The molecule has 0 aliphatic heterocycles. The Hall–Kier alpha value is -0.0800. The molecular weight excluding hydrogens is 184 g/mol. The van der Waals surface area contributed by atoms with E-state index in [1.165, 1.54) is 51.6 Å². The first-order valence-corrected chi connectivity index (χ1v) is 6.72. The van der Waals surface area contributed by atoms with Crippen molar-refractivity contribution in [2.45, 2.75) is 58.4 Å². The van der Waals surface area contributed by atoms with E-state index in [1.807, 2.05) is 0 Å². The van der Waals surface area contributed by atoms with Gasteiger partial charge in [-0.25, -0.2) is 0 Å². The lowest BCUT2D eigenvalue weighted by Gasteiger charge is -2.32. The minimum Gasteiger partial charge on any atom is -0.330 e. The molecule has 0 spiro atoms. The van der Waals surface area contributed by atoms with Crippen LogP contribution in [0.4, 0.5) is 0 Å². The van der Waals surface area contributed by atoms with Crippen LogP contribution in [0, 0.1) is 5.92 Å². The molecule has 2 N–H and O–H groups in total.